The first-order valence-electron chi connectivity index (χ1n) is 8.64. The molecule has 0 aromatic heterocycles. The minimum atomic E-state index is -0.810. The lowest BCUT2D eigenvalue weighted by atomic mass is 10.0. The lowest BCUT2D eigenvalue weighted by molar-refractivity contribution is -0.126. The van der Waals surface area contributed by atoms with Crippen molar-refractivity contribution in [1.82, 2.24) is 15.5 Å². The SMILES string of the molecule is CC(C)C(C(=O)NCC1=CCNCC1)N1C(=O)c2ccccc2C1=O.Cl. The fourth-order valence-electron chi connectivity index (χ4n) is 3.31. The van der Waals surface area contributed by atoms with Crippen molar-refractivity contribution in [2.24, 2.45) is 5.92 Å². The summed E-state index contributed by atoms with van der Waals surface area (Å²) in [5.41, 5.74) is 1.90. The summed E-state index contributed by atoms with van der Waals surface area (Å²) in [4.78, 5) is 39.2. The molecular weight excluding hydrogens is 354 g/mol. The van der Waals surface area contributed by atoms with Gasteiger partial charge in [-0.2, -0.15) is 0 Å². The zero-order valence-corrected chi connectivity index (χ0v) is 15.8. The van der Waals surface area contributed by atoms with Crippen molar-refractivity contribution in [2.75, 3.05) is 19.6 Å². The number of carbonyl (C=O) groups excluding carboxylic acids is 3. The van der Waals surface area contributed by atoms with Crippen LogP contribution in [0.3, 0.4) is 0 Å². The monoisotopic (exact) mass is 377 g/mol. The van der Waals surface area contributed by atoms with E-state index in [4.69, 9.17) is 0 Å². The molecule has 1 aromatic carbocycles. The van der Waals surface area contributed by atoms with E-state index in [0.29, 0.717) is 17.7 Å². The third-order valence-electron chi connectivity index (χ3n) is 4.65. The zero-order valence-electron chi connectivity index (χ0n) is 15.0. The van der Waals surface area contributed by atoms with E-state index in [9.17, 15) is 14.4 Å². The second-order valence-corrected chi connectivity index (χ2v) is 6.75. The maximum absolute atomic E-state index is 12.8. The van der Waals surface area contributed by atoms with Crippen LogP contribution >= 0.6 is 12.4 Å². The maximum Gasteiger partial charge on any atom is 0.262 e. The van der Waals surface area contributed by atoms with E-state index in [1.165, 1.54) is 0 Å². The molecule has 0 radical (unpaired) electrons. The molecule has 1 atom stereocenters. The molecule has 2 N–H and O–H groups in total. The predicted molar refractivity (Wildman–Crippen MR) is 101 cm³/mol. The van der Waals surface area contributed by atoms with Crippen molar-refractivity contribution >= 4 is 30.1 Å². The van der Waals surface area contributed by atoms with Gasteiger partial charge in [0.25, 0.3) is 11.8 Å². The number of amides is 3. The van der Waals surface area contributed by atoms with Crippen molar-refractivity contribution in [3.8, 4) is 0 Å². The number of hydrogen-bond donors (Lipinski definition) is 2. The van der Waals surface area contributed by atoms with Crippen molar-refractivity contribution < 1.29 is 14.4 Å². The number of imide groups is 1. The van der Waals surface area contributed by atoms with Gasteiger partial charge in [0, 0.05) is 13.1 Å². The largest absolute Gasteiger partial charge is 0.351 e. The highest BCUT2D eigenvalue weighted by Crippen LogP contribution is 2.27. The number of nitrogens with one attached hydrogen (secondary N) is 2. The Morgan fingerprint density at radius 2 is 1.81 bits per heavy atom. The summed E-state index contributed by atoms with van der Waals surface area (Å²) in [5, 5.41) is 6.12. The molecule has 3 amide bonds. The van der Waals surface area contributed by atoms with Crippen LogP contribution in [0, 0.1) is 5.92 Å². The van der Waals surface area contributed by atoms with Gasteiger partial charge in [-0.1, -0.05) is 37.6 Å². The first kappa shape index (κ1) is 20.1. The Hall–Kier alpha value is -2.18. The van der Waals surface area contributed by atoms with Gasteiger partial charge in [-0.15, -0.1) is 12.4 Å². The molecule has 0 saturated heterocycles. The van der Waals surface area contributed by atoms with Gasteiger partial charge in [0.05, 0.1) is 11.1 Å². The van der Waals surface area contributed by atoms with Gasteiger partial charge in [0.15, 0.2) is 0 Å². The average Bonchev–Trinajstić information content (AvgIpc) is 2.86. The highest BCUT2D eigenvalue weighted by atomic mass is 35.5. The normalized spacial score (nSPS) is 17.5. The summed E-state index contributed by atoms with van der Waals surface area (Å²) in [6.07, 6.45) is 2.95. The molecule has 0 aliphatic carbocycles. The lowest BCUT2D eigenvalue weighted by Crippen LogP contribution is -2.52. The molecule has 2 heterocycles. The summed E-state index contributed by atoms with van der Waals surface area (Å²) in [5.74, 6) is -1.25. The second kappa shape index (κ2) is 8.47. The summed E-state index contributed by atoms with van der Waals surface area (Å²) in [6, 6.07) is 5.90. The average molecular weight is 378 g/mol. The highest BCUT2D eigenvalue weighted by Gasteiger charge is 2.43. The molecule has 26 heavy (non-hydrogen) atoms. The molecule has 0 saturated carbocycles. The third kappa shape index (κ3) is 3.81. The minimum absolute atomic E-state index is 0. The van der Waals surface area contributed by atoms with Crippen LogP contribution in [-0.4, -0.2) is 48.3 Å². The van der Waals surface area contributed by atoms with Crippen LogP contribution in [-0.2, 0) is 4.79 Å². The van der Waals surface area contributed by atoms with E-state index in [1.807, 2.05) is 13.8 Å². The van der Waals surface area contributed by atoms with Gasteiger partial charge in [0.1, 0.15) is 6.04 Å². The Bertz CT molecular complexity index is 710. The van der Waals surface area contributed by atoms with Crippen LogP contribution in [0.2, 0.25) is 0 Å². The quantitative estimate of drug-likeness (QED) is 0.605. The first-order valence-corrected chi connectivity index (χ1v) is 8.64. The van der Waals surface area contributed by atoms with Gasteiger partial charge >= 0.3 is 0 Å². The summed E-state index contributed by atoms with van der Waals surface area (Å²) in [6.45, 7) is 5.84. The van der Waals surface area contributed by atoms with E-state index in [1.54, 1.807) is 24.3 Å². The Morgan fingerprint density at radius 3 is 2.31 bits per heavy atom. The van der Waals surface area contributed by atoms with Crippen LogP contribution in [0.25, 0.3) is 0 Å². The van der Waals surface area contributed by atoms with Crippen LogP contribution in [0.15, 0.2) is 35.9 Å². The van der Waals surface area contributed by atoms with E-state index in [-0.39, 0.29) is 24.2 Å². The van der Waals surface area contributed by atoms with Crippen LogP contribution < -0.4 is 10.6 Å². The number of halogens is 1. The van der Waals surface area contributed by atoms with E-state index < -0.39 is 17.9 Å². The standard InChI is InChI=1S/C19H23N3O3.ClH/c1-12(2)16(17(23)21-11-13-7-9-20-10-8-13)22-18(24)14-5-3-4-6-15(14)19(22)25;/h3-7,12,16,20H,8-11H2,1-2H3,(H,21,23);1H. The summed E-state index contributed by atoms with van der Waals surface area (Å²) >= 11 is 0. The molecular formula is C19H24ClN3O3. The molecule has 140 valence electrons. The molecule has 0 spiro atoms. The molecule has 0 bridgehead atoms. The van der Waals surface area contributed by atoms with Crippen molar-refractivity contribution in [2.45, 2.75) is 26.3 Å². The Labute approximate surface area is 159 Å². The molecule has 2 aliphatic rings. The van der Waals surface area contributed by atoms with E-state index in [0.717, 1.165) is 30.0 Å². The molecule has 3 rings (SSSR count). The first-order chi connectivity index (χ1) is 12.0. The van der Waals surface area contributed by atoms with Gasteiger partial charge in [-0.05, 0) is 31.0 Å². The zero-order chi connectivity index (χ0) is 18.0. The lowest BCUT2D eigenvalue weighted by Gasteiger charge is -2.28. The number of carbonyl (C=O) groups is 3. The molecule has 1 unspecified atom stereocenters. The fourth-order valence-corrected chi connectivity index (χ4v) is 3.31. The van der Waals surface area contributed by atoms with Crippen LogP contribution in [0.4, 0.5) is 0 Å². The molecule has 2 aliphatic heterocycles. The molecule has 6 nitrogen and oxygen atoms in total. The number of benzene rings is 1. The highest BCUT2D eigenvalue weighted by molar-refractivity contribution is 6.22. The third-order valence-corrected chi connectivity index (χ3v) is 4.65. The van der Waals surface area contributed by atoms with Crippen LogP contribution in [0.1, 0.15) is 41.0 Å². The van der Waals surface area contributed by atoms with E-state index in [2.05, 4.69) is 16.7 Å². The molecule has 7 heteroatoms. The number of hydrogen-bond acceptors (Lipinski definition) is 4. The maximum atomic E-state index is 12.8. The van der Waals surface area contributed by atoms with Gasteiger partial charge in [-0.3, -0.25) is 19.3 Å². The number of nitrogens with zero attached hydrogens (tertiary/aromatic N) is 1. The Balaban J connectivity index is 0.00000243. The summed E-state index contributed by atoms with van der Waals surface area (Å²) in [7, 11) is 0. The van der Waals surface area contributed by atoms with Gasteiger partial charge in [-0.25, -0.2) is 0 Å². The topological polar surface area (TPSA) is 78.5 Å². The van der Waals surface area contributed by atoms with Crippen LogP contribution in [0.5, 0.6) is 0 Å². The van der Waals surface area contributed by atoms with Crippen molar-refractivity contribution in [3.63, 3.8) is 0 Å². The Kier molecular flexibility index (Phi) is 6.56. The Morgan fingerprint density at radius 1 is 1.19 bits per heavy atom. The second-order valence-electron chi connectivity index (χ2n) is 6.75. The predicted octanol–water partition coefficient (Wildman–Crippen LogP) is 1.76. The van der Waals surface area contributed by atoms with Crippen molar-refractivity contribution in [1.29, 1.82) is 0 Å². The fraction of sp³-hybridized carbons (Fsp3) is 0.421. The summed E-state index contributed by atoms with van der Waals surface area (Å²) < 4.78 is 0. The molecule has 0 fully saturated rings. The smallest absolute Gasteiger partial charge is 0.262 e. The minimum Gasteiger partial charge on any atom is -0.351 e. The number of fused-ring (bicyclic) bond motifs is 1. The van der Waals surface area contributed by atoms with Gasteiger partial charge < -0.3 is 10.6 Å². The van der Waals surface area contributed by atoms with Crippen molar-refractivity contribution in [3.05, 3.63) is 47.0 Å². The number of rotatable bonds is 5. The van der Waals surface area contributed by atoms with Gasteiger partial charge in [0.2, 0.25) is 5.91 Å². The van der Waals surface area contributed by atoms with E-state index >= 15 is 0 Å². The molecule has 1 aromatic rings.